The minimum atomic E-state index is -0.447. The summed E-state index contributed by atoms with van der Waals surface area (Å²) in [7, 11) is -0.326. The van der Waals surface area contributed by atoms with E-state index in [0.29, 0.717) is 11.8 Å². The highest BCUT2D eigenvalue weighted by Gasteiger charge is 2.51. The van der Waals surface area contributed by atoms with Crippen LogP contribution in [0.1, 0.15) is 118 Å². The molecule has 264 valence electrons. The van der Waals surface area contributed by atoms with E-state index in [0.717, 1.165) is 61.8 Å². The van der Waals surface area contributed by atoms with Crippen LogP contribution in [-0.2, 0) is 18.8 Å². The van der Waals surface area contributed by atoms with Crippen LogP contribution in [0.4, 0.5) is 9.59 Å². The van der Waals surface area contributed by atoms with Gasteiger partial charge in [0.25, 0.3) is 0 Å². The number of hydrogen-bond acceptors (Lipinski definition) is 6. The topological polar surface area (TPSA) is 77.5 Å². The van der Waals surface area contributed by atoms with Gasteiger partial charge in [0.2, 0.25) is 0 Å². The summed E-state index contributed by atoms with van der Waals surface area (Å²) in [5.41, 5.74) is 2.20. The van der Waals surface area contributed by atoms with Gasteiger partial charge < -0.3 is 28.6 Å². The molecular weight excluding hydrogens is 671 g/mol. The Morgan fingerprint density at radius 1 is 0.667 bits per heavy atom. The van der Waals surface area contributed by atoms with E-state index >= 15 is 0 Å². The average Bonchev–Trinajstić information content (AvgIpc) is 3.22. The van der Waals surface area contributed by atoms with E-state index in [-0.39, 0.29) is 30.5 Å². The minimum Gasteiger partial charge on any atom is -0.444 e. The Morgan fingerprint density at radius 2 is 1.00 bits per heavy atom. The Hall–Kier alpha value is -2.56. The number of amides is 2. The highest BCUT2D eigenvalue weighted by Crippen LogP contribution is 2.37. The largest absolute Gasteiger partial charge is 0.494 e. The fraction of sp³-hybridized carbons (Fsp3) is 0.632. The molecule has 3 heterocycles. The summed E-state index contributed by atoms with van der Waals surface area (Å²) in [5, 5.41) is 0. The SMILES string of the molecule is CC(C)(C)OC(=O)N1CCC(c2ccc(B3OC(C)(C)C(C)(C)O3)cc2)CC1.CC(C)(C)OC(=O)N1CCC(c2ccc(Br)cc2)CC1. The molecule has 3 aliphatic rings. The lowest BCUT2D eigenvalue weighted by Gasteiger charge is -2.33. The van der Waals surface area contributed by atoms with Crippen LogP contribution in [0.2, 0.25) is 0 Å². The van der Waals surface area contributed by atoms with E-state index in [9.17, 15) is 9.59 Å². The first-order valence-corrected chi connectivity index (χ1v) is 18.2. The molecular formula is C38H56BBrN2O6. The van der Waals surface area contributed by atoms with Gasteiger partial charge in [0.15, 0.2) is 0 Å². The number of carbonyl (C=O) groups is 2. The van der Waals surface area contributed by atoms with Gasteiger partial charge in [-0.2, -0.15) is 0 Å². The third kappa shape index (κ3) is 10.5. The monoisotopic (exact) mass is 726 g/mol. The lowest BCUT2D eigenvalue weighted by molar-refractivity contribution is 0.00578. The smallest absolute Gasteiger partial charge is 0.444 e. The summed E-state index contributed by atoms with van der Waals surface area (Å²) in [6.45, 7) is 22.7. The van der Waals surface area contributed by atoms with Gasteiger partial charge in [-0.05, 0) is 135 Å². The van der Waals surface area contributed by atoms with Crippen LogP contribution in [0.3, 0.4) is 0 Å². The second-order valence-electron chi connectivity index (χ2n) is 16.3. The van der Waals surface area contributed by atoms with Gasteiger partial charge in [-0.1, -0.05) is 52.3 Å². The molecule has 3 saturated heterocycles. The Kier molecular flexibility index (Phi) is 12.1. The molecule has 5 rings (SSSR count). The van der Waals surface area contributed by atoms with Gasteiger partial charge in [-0.15, -0.1) is 0 Å². The Bertz CT molecular complexity index is 1350. The number of hydrogen-bond donors (Lipinski definition) is 0. The number of halogens is 1. The number of piperidine rings is 2. The van der Waals surface area contributed by atoms with Crippen molar-refractivity contribution >= 4 is 40.7 Å². The summed E-state index contributed by atoms with van der Waals surface area (Å²) in [5.74, 6) is 1.01. The van der Waals surface area contributed by atoms with Gasteiger partial charge in [-0.25, -0.2) is 9.59 Å². The van der Waals surface area contributed by atoms with Crippen LogP contribution in [0.5, 0.6) is 0 Å². The van der Waals surface area contributed by atoms with Crippen LogP contribution in [0, 0.1) is 0 Å². The molecule has 0 radical (unpaired) electrons. The maximum absolute atomic E-state index is 12.2. The van der Waals surface area contributed by atoms with Crippen molar-refractivity contribution in [3.05, 3.63) is 64.1 Å². The van der Waals surface area contributed by atoms with Gasteiger partial charge in [-0.3, -0.25) is 0 Å². The molecule has 3 fully saturated rings. The lowest BCUT2D eigenvalue weighted by atomic mass is 9.77. The summed E-state index contributed by atoms with van der Waals surface area (Å²) in [6, 6.07) is 17.1. The molecule has 8 nitrogen and oxygen atoms in total. The summed E-state index contributed by atoms with van der Waals surface area (Å²) in [6.07, 6.45) is 3.51. The van der Waals surface area contributed by atoms with Crippen LogP contribution in [-0.4, -0.2) is 77.7 Å². The number of likely N-dealkylation sites (tertiary alicyclic amines) is 2. The first-order chi connectivity index (χ1) is 22.2. The first kappa shape index (κ1) is 38.3. The summed E-state index contributed by atoms with van der Waals surface area (Å²) < 4.78 is 24.3. The van der Waals surface area contributed by atoms with Crippen molar-refractivity contribution in [3.63, 3.8) is 0 Å². The molecule has 3 aliphatic heterocycles. The predicted molar refractivity (Wildman–Crippen MR) is 196 cm³/mol. The number of benzene rings is 2. The zero-order valence-corrected chi connectivity index (χ0v) is 32.3. The molecule has 0 atom stereocenters. The number of rotatable bonds is 3. The molecule has 2 aromatic rings. The van der Waals surface area contributed by atoms with E-state index in [4.69, 9.17) is 18.8 Å². The van der Waals surface area contributed by atoms with Crippen LogP contribution >= 0.6 is 15.9 Å². The van der Waals surface area contributed by atoms with E-state index in [2.05, 4.69) is 92.2 Å². The molecule has 10 heteroatoms. The van der Waals surface area contributed by atoms with Gasteiger partial charge in [0, 0.05) is 30.7 Å². The normalized spacial score (nSPS) is 20.2. The van der Waals surface area contributed by atoms with Crippen molar-refractivity contribution in [2.45, 2.75) is 129 Å². The zero-order valence-electron chi connectivity index (χ0n) is 30.7. The average molecular weight is 728 g/mol. The molecule has 2 amide bonds. The van der Waals surface area contributed by atoms with E-state index in [1.165, 1.54) is 11.1 Å². The van der Waals surface area contributed by atoms with Crippen molar-refractivity contribution in [2.75, 3.05) is 26.2 Å². The maximum atomic E-state index is 12.2. The second kappa shape index (κ2) is 15.1. The molecule has 0 N–H and O–H groups in total. The van der Waals surface area contributed by atoms with Crippen molar-refractivity contribution < 1.29 is 28.4 Å². The third-order valence-electron chi connectivity index (χ3n) is 9.57. The van der Waals surface area contributed by atoms with E-state index in [1.807, 2.05) is 51.3 Å². The molecule has 0 bridgehead atoms. The Labute approximate surface area is 297 Å². The third-order valence-corrected chi connectivity index (χ3v) is 10.1. The number of ether oxygens (including phenoxy) is 2. The Morgan fingerprint density at radius 3 is 1.33 bits per heavy atom. The van der Waals surface area contributed by atoms with Gasteiger partial charge in [0.1, 0.15) is 11.2 Å². The second-order valence-corrected chi connectivity index (χ2v) is 17.2. The van der Waals surface area contributed by atoms with E-state index < -0.39 is 11.2 Å². The first-order valence-electron chi connectivity index (χ1n) is 17.4. The fourth-order valence-electron chi connectivity index (χ4n) is 6.08. The van der Waals surface area contributed by atoms with Crippen molar-refractivity contribution in [1.29, 1.82) is 0 Å². The zero-order chi connectivity index (χ0) is 35.5. The van der Waals surface area contributed by atoms with Gasteiger partial charge in [0.05, 0.1) is 11.2 Å². The Balaban J connectivity index is 0.000000229. The summed E-state index contributed by atoms with van der Waals surface area (Å²) >= 11 is 3.46. The fourth-order valence-corrected chi connectivity index (χ4v) is 6.35. The molecule has 0 spiro atoms. The van der Waals surface area contributed by atoms with Crippen molar-refractivity contribution in [1.82, 2.24) is 9.80 Å². The predicted octanol–water partition coefficient (Wildman–Crippen LogP) is 8.66. The summed E-state index contributed by atoms with van der Waals surface area (Å²) in [4.78, 5) is 27.9. The lowest BCUT2D eigenvalue weighted by Crippen LogP contribution is -2.41. The molecule has 0 aromatic heterocycles. The molecule has 2 aromatic carbocycles. The molecule has 0 aliphatic carbocycles. The standard InChI is InChI=1S/C22H34BNO4.C16H22BrNO2/c1-20(2,3)26-19(25)24-14-12-17(13-15-24)16-8-10-18(11-9-16)23-27-21(4,5)22(6,7)28-23;1-16(2,3)20-15(19)18-10-8-13(9-11-18)12-4-6-14(17)7-5-12/h8-11,17H,12-15H2,1-7H3;4-7,13H,8-11H2,1-3H3. The molecule has 0 unspecified atom stereocenters. The maximum Gasteiger partial charge on any atom is 0.494 e. The van der Waals surface area contributed by atoms with Crippen LogP contribution < -0.4 is 5.46 Å². The highest BCUT2D eigenvalue weighted by molar-refractivity contribution is 9.10. The number of nitrogens with zero attached hydrogens (tertiary/aromatic N) is 2. The number of carbonyl (C=O) groups excluding carboxylic acids is 2. The quantitative estimate of drug-likeness (QED) is 0.295. The molecule has 0 saturated carbocycles. The van der Waals surface area contributed by atoms with Crippen molar-refractivity contribution in [3.8, 4) is 0 Å². The van der Waals surface area contributed by atoms with E-state index in [1.54, 1.807) is 0 Å². The van der Waals surface area contributed by atoms with Gasteiger partial charge >= 0.3 is 19.3 Å². The van der Waals surface area contributed by atoms with Crippen molar-refractivity contribution in [2.24, 2.45) is 0 Å². The van der Waals surface area contributed by atoms with Crippen LogP contribution in [0.25, 0.3) is 0 Å². The highest BCUT2D eigenvalue weighted by atomic mass is 79.9. The van der Waals surface area contributed by atoms with Crippen LogP contribution in [0.15, 0.2) is 53.0 Å². The minimum absolute atomic E-state index is 0.188. The molecule has 48 heavy (non-hydrogen) atoms.